The van der Waals surface area contributed by atoms with E-state index in [1.54, 1.807) is 0 Å². The van der Waals surface area contributed by atoms with Crippen LogP contribution in [0, 0.1) is 0 Å². The summed E-state index contributed by atoms with van der Waals surface area (Å²) in [7, 11) is -4.37. The fraction of sp³-hybridized carbons (Fsp3) is 0.462. The Morgan fingerprint density at radius 2 is 1.73 bits per heavy atom. The van der Waals surface area contributed by atoms with Crippen molar-refractivity contribution in [3.63, 3.8) is 0 Å². The zero-order chi connectivity index (χ0) is 17.0. The third kappa shape index (κ3) is 4.09. The van der Waals surface area contributed by atoms with Gasteiger partial charge in [0.1, 0.15) is 5.66 Å². The monoisotopic (exact) mass is 339 g/mol. The van der Waals surface area contributed by atoms with Crippen LogP contribution < -0.4 is 5.11 Å². The van der Waals surface area contributed by atoms with Gasteiger partial charge in [-0.3, -0.25) is 4.57 Å². The lowest BCUT2D eigenvalue weighted by Gasteiger charge is -2.29. The van der Waals surface area contributed by atoms with Crippen LogP contribution in [0.15, 0.2) is 24.3 Å². The van der Waals surface area contributed by atoms with E-state index < -0.39 is 36.5 Å². The van der Waals surface area contributed by atoms with E-state index in [1.807, 2.05) is 0 Å². The molecule has 5 nitrogen and oxygen atoms in total. The molecular formula is C13H15F3O5P-. The first-order valence-electron chi connectivity index (χ1n) is 6.43. The van der Waals surface area contributed by atoms with Crippen LogP contribution in [0.25, 0.3) is 0 Å². The molecule has 0 saturated heterocycles. The second-order valence-electron chi connectivity index (χ2n) is 4.18. The van der Waals surface area contributed by atoms with Crippen LogP contribution >= 0.6 is 7.60 Å². The number of rotatable bonds is 7. The molecule has 0 bridgehead atoms. The van der Waals surface area contributed by atoms with Gasteiger partial charge in [-0.2, -0.15) is 13.2 Å². The van der Waals surface area contributed by atoms with Gasteiger partial charge < -0.3 is 18.9 Å². The fourth-order valence-corrected chi connectivity index (χ4v) is 3.88. The van der Waals surface area contributed by atoms with Gasteiger partial charge in [0.2, 0.25) is 0 Å². The van der Waals surface area contributed by atoms with E-state index in [4.69, 9.17) is 9.05 Å². The predicted molar refractivity (Wildman–Crippen MR) is 70.1 cm³/mol. The Bertz CT molecular complexity index is 563. The number of carbonyl (C=O) groups is 1. The molecule has 1 aromatic carbocycles. The van der Waals surface area contributed by atoms with Crippen molar-refractivity contribution in [1.29, 1.82) is 0 Å². The smallest absolute Gasteiger partial charge is 0.416 e. The van der Waals surface area contributed by atoms with Crippen molar-refractivity contribution in [2.45, 2.75) is 25.7 Å². The van der Waals surface area contributed by atoms with E-state index in [-0.39, 0.29) is 13.2 Å². The molecule has 1 rings (SSSR count). The topological polar surface area (TPSA) is 75.7 Å². The van der Waals surface area contributed by atoms with Crippen molar-refractivity contribution in [2.24, 2.45) is 0 Å². The second kappa shape index (κ2) is 7.26. The van der Waals surface area contributed by atoms with Gasteiger partial charge in [0.15, 0.2) is 0 Å². The van der Waals surface area contributed by atoms with Crippen molar-refractivity contribution >= 4 is 13.6 Å². The molecule has 124 valence electrons. The highest BCUT2D eigenvalue weighted by atomic mass is 31.2. The standard InChI is InChI=1S/C13H16F3O5P/c1-3-20-22(19,21-4-2)11(12(17)18)9-7-5-6-8-10(9)13(14,15)16/h5-8,11H,3-4H2,1-2H3,(H,17,18)/p-1. The molecule has 0 heterocycles. The minimum Gasteiger partial charge on any atom is -0.549 e. The van der Waals surface area contributed by atoms with Gasteiger partial charge in [0.05, 0.1) is 24.7 Å². The highest BCUT2D eigenvalue weighted by Gasteiger charge is 2.43. The molecule has 0 amide bonds. The summed E-state index contributed by atoms with van der Waals surface area (Å²) in [6.45, 7) is 2.48. The van der Waals surface area contributed by atoms with Crippen LogP contribution in [0.4, 0.5) is 13.2 Å². The van der Waals surface area contributed by atoms with E-state index in [1.165, 1.54) is 19.9 Å². The molecule has 1 atom stereocenters. The van der Waals surface area contributed by atoms with Crippen LogP contribution in [0.5, 0.6) is 0 Å². The van der Waals surface area contributed by atoms with Gasteiger partial charge in [0, 0.05) is 0 Å². The maximum Gasteiger partial charge on any atom is 0.416 e. The van der Waals surface area contributed by atoms with Crippen molar-refractivity contribution in [1.82, 2.24) is 0 Å². The highest BCUT2D eigenvalue weighted by Crippen LogP contribution is 2.61. The zero-order valence-electron chi connectivity index (χ0n) is 11.9. The first-order valence-corrected chi connectivity index (χ1v) is 8.04. The SMILES string of the molecule is CCOP(=O)(OCC)C(C(=O)[O-])c1ccccc1C(F)(F)F. The summed E-state index contributed by atoms with van der Waals surface area (Å²) in [4.78, 5) is 11.4. The largest absolute Gasteiger partial charge is 0.549 e. The zero-order valence-corrected chi connectivity index (χ0v) is 12.8. The minimum absolute atomic E-state index is 0.185. The number of carboxylic acids is 1. The number of carboxylic acid groups (broad SMARTS) is 1. The Labute approximate surface area is 125 Å². The molecule has 1 unspecified atom stereocenters. The highest BCUT2D eigenvalue weighted by molar-refractivity contribution is 7.55. The minimum atomic E-state index is -4.81. The lowest BCUT2D eigenvalue weighted by atomic mass is 10.0. The molecular weight excluding hydrogens is 324 g/mol. The van der Waals surface area contributed by atoms with Gasteiger partial charge in [-0.1, -0.05) is 18.2 Å². The van der Waals surface area contributed by atoms with E-state index in [2.05, 4.69) is 0 Å². The Hall–Kier alpha value is -1.37. The molecule has 0 saturated carbocycles. The maximum absolute atomic E-state index is 13.0. The molecule has 0 radical (unpaired) electrons. The van der Waals surface area contributed by atoms with Crippen LogP contribution in [0.1, 0.15) is 30.6 Å². The average molecular weight is 339 g/mol. The molecule has 22 heavy (non-hydrogen) atoms. The van der Waals surface area contributed by atoms with Crippen molar-refractivity contribution in [3.8, 4) is 0 Å². The van der Waals surface area contributed by atoms with Gasteiger partial charge in [-0.15, -0.1) is 0 Å². The van der Waals surface area contributed by atoms with Gasteiger partial charge >= 0.3 is 13.8 Å². The van der Waals surface area contributed by atoms with E-state index in [0.29, 0.717) is 6.07 Å². The Kier molecular flexibility index (Phi) is 6.17. The van der Waals surface area contributed by atoms with Crippen LogP contribution in [0.3, 0.4) is 0 Å². The lowest BCUT2D eigenvalue weighted by molar-refractivity contribution is -0.305. The number of halogens is 3. The van der Waals surface area contributed by atoms with E-state index >= 15 is 0 Å². The third-order valence-corrected chi connectivity index (χ3v) is 5.08. The number of alkyl halides is 3. The first-order chi connectivity index (χ1) is 10.2. The Balaban J connectivity index is 3.51. The van der Waals surface area contributed by atoms with Gasteiger partial charge in [-0.05, 0) is 25.5 Å². The van der Waals surface area contributed by atoms with Crippen LogP contribution in [0.2, 0.25) is 0 Å². The third-order valence-electron chi connectivity index (χ3n) is 2.72. The lowest BCUT2D eigenvalue weighted by Crippen LogP contribution is -2.32. The summed E-state index contributed by atoms with van der Waals surface area (Å²) in [6, 6.07) is 3.94. The molecule has 0 N–H and O–H groups in total. The predicted octanol–water partition coefficient (Wildman–Crippen LogP) is 2.76. The first kappa shape index (κ1) is 18.7. The Morgan fingerprint density at radius 1 is 1.23 bits per heavy atom. The summed E-state index contributed by atoms with van der Waals surface area (Å²) < 4.78 is 61.5. The number of aliphatic carboxylic acids is 1. The van der Waals surface area contributed by atoms with E-state index in [9.17, 15) is 27.6 Å². The summed E-state index contributed by atoms with van der Waals surface area (Å²) in [5.41, 5.74) is -4.09. The van der Waals surface area contributed by atoms with E-state index in [0.717, 1.165) is 12.1 Å². The van der Waals surface area contributed by atoms with Gasteiger partial charge in [-0.25, -0.2) is 0 Å². The summed E-state index contributed by atoms with van der Waals surface area (Å²) in [5, 5.41) is 11.4. The normalized spacial score (nSPS) is 13.9. The van der Waals surface area contributed by atoms with Crippen molar-refractivity contribution < 1.29 is 36.7 Å². The van der Waals surface area contributed by atoms with Crippen molar-refractivity contribution in [2.75, 3.05) is 13.2 Å². The number of carbonyl (C=O) groups excluding carboxylic acids is 1. The Morgan fingerprint density at radius 3 is 2.14 bits per heavy atom. The van der Waals surface area contributed by atoms with Gasteiger partial charge in [0.25, 0.3) is 0 Å². The molecule has 9 heteroatoms. The molecule has 0 spiro atoms. The molecule has 0 aliphatic carbocycles. The second-order valence-corrected chi connectivity index (χ2v) is 6.29. The summed E-state index contributed by atoms with van der Waals surface area (Å²) in [6.07, 6.45) is -4.81. The van der Waals surface area contributed by atoms with Crippen LogP contribution in [-0.4, -0.2) is 19.2 Å². The molecule has 1 aromatic rings. The molecule has 0 aliphatic heterocycles. The quantitative estimate of drug-likeness (QED) is 0.714. The number of hydrogen-bond acceptors (Lipinski definition) is 5. The number of hydrogen-bond donors (Lipinski definition) is 0. The average Bonchev–Trinajstić information content (AvgIpc) is 2.38. The molecule has 0 aromatic heterocycles. The van der Waals surface area contributed by atoms with Crippen LogP contribution in [-0.2, 0) is 24.6 Å². The number of benzene rings is 1. The van der Waals surface area contributed by atoms with Crippen molar-refractivity contribution in [3.05, 3.63) is 35.4 Å². The molecule has 0 aliphatic rings. The summed E-state index contributed by atoms with van der Waals surface area (Å²) >= 11 is 0. The molecule has 0 fully saturated rings. The fourth-order valence-electron chi connectivity index (χ4n) is 1.97. The maximum atomic E-state index is 13.0. The summed E-state index contributed by atoms with van der Waals surface area (Å²) in [5.74, 6) is -1.96.